The highest BCUT2D eigenvalue weighted by Gasteiger charge is 2.55. The Morgan fingerprint density at radius 3 is 2.52 bits per heavy atom. The number of rotatable bonds is 3. The minimum absolute atomic E-state index is 0.0146. The van der Waals surface area contributed by atoms with Crippen molar-refractivity contribution in [3.63, 3.8) is 0 Å². The number of piperidine rings is 1. The molecule has 5 rings (SSSR count). The van der Waals surface area contributed by atoms with E-state index < -0.39 is 12.1 Å². The summed E-state index contributed by atoms with van der Waals surface area (Å²) in [5.74, 6) is -1.40. The molecule has 0 radical (unpaired) electrons. The molecule has 1 saturated carbocycles. The number of halogens is 3. The van der Waals surface area contributed by atoms with Gasteiger partial charge in [-0.05, 0) is 54.0 Å². The molecule has 31 heavy (non-hydrogen) atoms. The molecule has 6 heteroatoms. The zero-order chi connectivity index (χ0) is 21.6. The predicted molar refractivity (Wildman–Crippen MR) is 114 cm³/mol. The van der Waals surface area contributed by atoms with Crippen molar-refractivity contribution in [2.45, 2.75) is 37.9 Å². The summed E-state index contributed by atoms with van der Waals surface area (Å²) in [6.45, 7) is 1.63. The van der Waals surface area contributed by atoms with Crippen LogP contribution in [0.1, 0.15) is 36.0 Å². The van der Waals surface area contributed by atoms with Crippen molar-refractivity contribution in [2.75, 3.05) is 13.1 Å². The summed E-state index contributed by atoms with van der Waals surface area (Å²) in [4.78, 5) is 15.1. The van der Waals surface area contributed by atoms with Gasteiger partial charge in [-0.2, -0.15) is 13.2 Å². The van der Waals surface area contributed by atoms with E-state index in [1.54, 1.807) is 12.2 Å². The van der Waals surface area contributed by atoms with Crippen LogP contribution in [0.25, 0.3) is 10.8 Å². The lowest BCUT2D eigenvalue weighted by atomic mass is 9.91. The predicted octanol–water partition coefficient (Wildman–Crippen LogP) is 5.45. The van der Waals surface area contributed by atoms with Crippen molar-refractivity contribution in [2.24, 2.45) is 11.3 Å². The Kier molecular flexibility index (Phi) is 4.83. The molecule has 2 aromatic rings. The summed E-state index contributed by atoms with van der Waals surface area (Å²) in [6, 6.07) is 13.8. The fraction of sp³-hybridized carbons (Fsp3) is 0.400. The van der Waals surface area contributed by atoms with Gasteiger partial charge in [0.1, 0.15) is 0 Å². The van der Waals surface area contributed by atoms with Gasteiger partial charge in [-0.1, -0.05) is 48.6 Å². The van der Waals surface area contributed by atoms with Crippen LogP contribution < -0.4 is 5.32 Å². The first kappa shape index (κ1) is 20.2. The number of carbonyl (C=O) groups excluding carboxylic acids is 1. The summed E-state index contributed by atoms with van der Waals surface area (Å²) >= 11 is 0. The van der Waals surface area contributed by atoms with Gasteiger partial charge >= 0.3 is 6.18 Å². The van der Waals surface area contributed by atoms with Gasteiger partial charge in [0.15, 0.2) is 0 Å². The molecule has 2 unspecified atom stereocenters. The third-order valence-electron chi connectivity index (χ3n) is 7.15. The smallest absolute Gasteiger partial charge is 0.372 e. The highest BCUT2D eigenvalue weighted by Crippen LogP contribution is 2.54. The molecule has 2 aliphatic carbocycles. The second kappa shape index (κ2) is 7.43. The number of likely N-dealkylation sites (tertiary alicyclic amines) is 1. The quantitative estimate of drug-likeness (QED) is 0.708. The lowest BCUT2D eigenvalue weighted by molar-refractivity contribution is -0.160. The van der Waals surface area contributed by atoms with Gasteiger partial charge < -0.3 is 10.2 Å². The maximum atomic E-state index is 12.9. The van der Waals surface area contributed by atoms with Crippen LogP contribution in [-0.2, 0) is 0 Å². The van der Waals surface area contributed by atoms with Crippen LogP contribution in [0.5, 0.6) is 0 Å². The minimum Gasteiger partial charge on any atom is -0.372 e. The van der Waals surface area contributed by atoms with Crippen molar-refractivity contribution in [1.82, 2.24) is 10.2 Å². The molecule has 1 heterocycles. The monoisotopic (exact) mass is 426 g/mol. The molecule has 1 amide bonds. The van der Waals surface area contributed by atoms with Gasteiger partial charge in [0, 0.05) is 30.4 Å². The Bertz CT molecular complexity index is 1060. The SMILES string of the molecule is O=C(NC1CC12CCN(C1=CCC(C(F)(F)F)C=C1)CC2)c1cccc2ccccc12. The van der Waals surface area contributed by atoms with Crippen LogP contribution in [0.15, 0.2) is 66.4 Å². The summed E-state index contributed by atoms with van der Waals surface area (Å²) in [7, 11) is 0. The number of alkyl halides is 3. The number of hydrogen-bond donors (Lipinski definition) is 1. The third-order valence-corrected chi connectivity index (χ3v) is 7.15. The Balaban J connectivity index is 1.18. The molecule has 2 aromatic carbocycles. The van der Waals surface area contributed by atoms with Gasteiger partial charge in [-0.3, -0.25) is 4.79 Å². The molecule has 2 fully saturated rings. The molecule has 1 spiro atoms. The van der Waals surface area contributed by atoms with Crippen molar-refractivity contribution < 1.29 is 18.0 Å². The number of nitrogens with one attached hydrogen (secondary N) is 1. The second-order valence-electron chi connectivity index (χ2n) is 8.98. The van der Waals surface area contributed by atoms with Gasteiger partial charge in [-0.25, -0.2) is 0 Å². The van der Waals surface area contributed by atoms with Crippen molar-refractivity contribution in [1.29, 1.82) is 0 Å². The van der Waals surface area contributed by atoms with E-state index in [1.165, 1.54) is 6.08 Å². The molecule has 0 aromatic heterocycles. The summed E-state index contributed by atoms with van der Waals surface area (Å²) in [5.41, 5.74) is 1.73. The van der Waals surface area contributed by atoms with Gasteiger partial charge in [0.25, 0.3) is 5.91 Å². The largest absolute Gasteiger partial charge is 0.395 e. The number of fused-ring (bicyclic) bond motifs is 1. The molecule has 1 saturated heterocycles. The fourth-order valence-corrected chi connectivity index (χ4v) is 5.06. The van der Waals surface area contributed by atoms with Crippen LogP contribution in [0.2, 0.25) is 0 Å². The van der Waals surface area contributed by atoms with Crippen LogP contribution in [0, 0.1) is 11.3 Å². The van der Waals surface area contributed by atoms with E-state index >= 15 is 0 Å². The zero-order valence-corrected chi connectivity index (χ0v) is 17.2. The topological polar surface area (TPSA) is 32.3 Å². The summed E-state index contributed by atoms with van der Waals surface area (Å²) < 4.78 is 38.5. The van der Waals surface area contributed by atoms with E-state index in [0.29, 0.717) is 5.56 Å². The molecule has 0 bridgehead atoms. The maximum absolute atomic E-state index is 12.9. The fourth-order valence-electron chi connectivity index (χ4n) is 5.06. The molecular formula is C25H25F3N2O. The lowest BCUT2D eigenvalue weighted by Gasteiger charge is -2.36. The van der Waals surface area contributed by atoms with E-state index in [9.17, 15) is 18.0 Å². The van der Waals surface area contributed by atoms with E-state index in [1.807, 2.05) is 42.5 Å². The second-order valence-corrected chi connectivity index (χ2v) is 8.98. The lowest BCUT2D eigenvalue weighted by Crippen LogP contribution is -2.38. The number of allylic oxidation sites excluding steroid dienone is 3. The Morgan fingerprint density at radius 2 is 1.81 bits per heavy atom. The standard InChI is InChI=1S/C25H25F3N2O/c26-25(27,28)18-8-10-19(11-9-18)30-14-12-24(13-15-30)16-22(24)29-23(31)21-7-3-5-17-4-1-2-6-20(17)21/h1-8,10-11,18,22H,9,12-16H2,(H,29,31). The molecular weight excluding hydrogens is 401 g/mol. The molecule has 3 nitrogen and oxygen atoms in total. The molecule has 3 aliphatic rings. The average molecular weight is 426 g/mol. The number of carbonyl (C=O) groups is 1. The Labute approximate surface area is 179 Å². The first-order chi connectivity index (χ1) is 14.9. The Morgan fingerprint density at radius 1 is 1.06 bits per heavy atom. The minimum atomic E-state index is -4.17. The molecule has 1 aliphatic heterocycles. The van der Waals surface area contributed by atoms with Crippen molar-refractivity contribution in [3.8, 4) is 0 Å². The van der Waals surface area contributed by atoms with Crippen LogP contribution >= 0.6 is 0 Å². The Hall–Kier alpha value is -2.76. The van der Waals surface area contributed by atoms with Crippen molar-refractivity contribution in [3.05, 3.63) is 72.0 Å². The molecule has 162 valence electrons. The zero-order valence-electron chi connectivity index (χ0n) is 17.2. The molecule has 2 atom stereocenters. The first-order valence-electron chi connectivity index (χ1n) is 10.8. The van der Waals surface area contributed by atoms with Crippen molar-refractivity contribution >= 4 is 16.7 Å². The van der Waals surface area contributed by atoms with E-state index in [4.69, 9.17) is 0 Å². The summed E-state index contributed by atoms with van der Waals surface area (Å²) in [5, 5.41) is 5.24. The van der Waals surface area contributed by atoms with Crippen LogP contribution in [-0.4, -0.2) is 36.1 Å². The first-order valence-corrected chi connectivity index (χ1v) is 10.8. The number of amides is 1. The average Bonchev–Trinajstić information content (AvgIpc) is 3.43. The van der Waals surface area contributed by atoms with Crippen LogP contribution in [0.4, 0.5) is 13.2 Å². The van der Waals surface area contributed by atoms with Gasteiger partial charge in [0.05, 0.1) is 5.92 Å². The van der Waals surface area contributed by atoms with Gasteiger partial charge in [-0.15, -0.1) is 0 Å². The summed E-state index contributed by atoms with van der Waals surface area (Å²) in [6.07, 6.45) is 3.32. The number of hydrogen-bond acceptors (Lipinski definition) is 2. The van der Waals surface area contributed by atoms with E-state index in [0.717, 1.165) is 48.8 Å². The van der Waals surface area contributed by atoms with E-state index in [2.05, 4.69) is 10.2 Å². The third kappa shape index (κ3) is 3.84. The number of nitrogens with zero attached hydrogens (tertiary/aromatic N) is 1. The van der Waals surface area contributed by atoms with E-state index in [-0.39, 0.29) is 23.8 Å². The van der Waals surface area contributed by atoms with Crippen LogP contribution in [0.3, 0.4) is 0 Å². The normalized spacial score (nSPS) is 24.9. The number of benzene rings is 2. The molecule has 1 N–H and O–H groups in total. The highest BCUT2D eigenvalue weighted by molar-refractivity contribution is 6.07. The van der Waals surface area contributed by atoms with Gasteiger partial charge in [0.2, 0.25) is 0 Å². The maximum Gasteiger partial charge on any atom is 0.395 e. The highest BCUT2D eigenvalue weighted by atomic mass is 19.4.